The first-order valence-electron chi connectivity index (χ1n) is 11.2. The van der Waals surface area contributed by atoms with Gasteiger partial charge in [0.25, 0.3) is 0 Å². The minimum atomic E-state index is -3.70. The van der Waals surface area contributed by atoms with Crippen LogP contribution in [0.2, 0.25) is 0 Å². The lowest BCUT2D eigenvalue weighted by molar-refractivity contribution is -0.119. The number of benzene rings is 1. The second-order valence-corrected chi connectivity index (χ2v) is 12.9. The first kappa shape index (κ1) is 23.9. The molecule has 4 rings (SSSR count). The van der Waals surface area contributed by atoms with Gasteiger partial charge >= 0.3 is 0 Å². The lowest BCUT2D eigenvalue weighted by Gasteiger charge is -2.28. The van der Waals surface area contributed by atoms with Crippen molar-refractivity contribution in [3.05, 3.63) is 41.7 Å². The number of carbonyl (C=O) groups is 1. The number of aromatic nitrogens is 2. The van der Waals surface area contributed by atoms with E-state index in [0.29, 0.717) is 36.6 Å². The van der Waals surface area contributed by atoms with E-state index in [-0.39, 0.29) is 28.9 Å². The smallest absolute Gasteiger partial charge is 0.249 e. The Morgan fingerprint density at radius 3 is 2.39 bits per heavy atom. The standard InChI is InChI=1S/C22H30N4O5S2/c1-17-22(33(30,31)24-12-7-4-8-13-24)18(2)25(23-17)15-21(27)26(19-9-5-3-6-10-19)20-11-14-32(28,29)16-20/h3,5-6,9-10,20H,4,7-8,11-16H2,1-2H3/t20-/m1/s1. The Kier molecular flexibility index (Phi) is 6.66. The van der Waals surface area contributed by atoms with Crippen molar-refractivity contribution < 1.29 is 21.6 Å². The molecule has 2 fully saturated rings. The van der Waals surface area contributed by atoms with Gasteiger partial charge in [0.1, 0.15) is 11.4 Å². The molecule has 2 aliphatic heterocycles. The third-order valence-corrected chi connectivity index (χ3v) is 10.3. The molecule has 0 unspecified atom stereocenters. The van der Waals surface area contributed by atoms with Crippen molar-refractivity contribution in [1.82, 2.24) is 14.1 Å². The Hall–Kier alpha value is -2.24. The van der Waals surface area contributed by atoms with Crippen LogP contribution in [0.15, 0.2) is 35.2 Å². The SMILES string of the molecule is Cc1nn(CC(=O)N(c2ccccc2)[C@@H]2CCS(=O)(=O)C2)c(C)c1S(=O)(=O)N1CCCCC1. The van der Waals surface area contributed by atoms with Crippen LogP contribution in [0.3, 0.4) is 0 Å². The Morgan fingerprint density at radius 1 is 1.12 bits per heavy atom. The molecular weight excluding hydrogens is 464 g/mol. The van der Waals surface area contributed by atoms with E-state index >= 15 is 0 Å². The number of hydrogen-bond acceptors (Lipinski definition) is 6. The summed E-state index contributed by atoms with van der Waals surface area (Å²) in [5.41, 5.74) is 1.39. The second kappa shape index (κ2) is 9.19. The molecule has 2 aliphatic rings. The topological polar surface area (TPSA) is 110 Å². The molecule has 33 heavy (non-hydrogen) atoms. The second-order valence-electron chi connectivity index (χ2n) is 8.78. The third-order valence-electron chi connectivity index (χ3n) is 6.39. The Bertz CT molecular complexity index is 1230. The third kappa shape index (κ3) is 4.85. The molecule has 2 aromatic rings. The molecule has 1 aromatic carbocycles. The van der Waals surface area contributed by atoms with E-state index in [4.69, 9.17) is 0 Å². The van der Waals surface area contributed by atoms with Crippen LogP contribution in [0.1, 0.15) is 37.1 Å². The monoisotopic (exact) mass is 494 g/mol. The van der Waals surface area contributed by atoms with Gasteiger partial charge in [-0.2, -0.15) is 9.40 Å². The number of rotatable bonds is 6. The summed E-state index contributed by atoms with van der Waals surface area (Å²) >= 11 is 0. The van der Waals surface area contributed by atoms with Crippen LogP contribution >= 0.6 is 0 Å². The summed E-state index contributed by atoms with van der Waals surface area (Å²) in [5, 5.41) is 4.39. The fourth-order valence-electron chi connectivity index (χ4n) is 4.77. The van der Waals surface area contributed by atoms with Crippen LogP contribution in [0, 0.1) is 13.8 Å². The number of nitrogens with zero attached hydrogens (tertiary/aromatic N) is 4. The number of para-hydroxylation sites is 1. The predicted octanol–water partition coefficient (Wildman–Crippen LogP) is 1.89. The number of anilines is 1. The number of amides is 1. The molecule has 0 spiro atoms. The summed E-state index contributed by atoms with van der Waals surface area (Å²) in [6.45, 7) is 4.11. The minimum Gasteiger partial charge on any atom is -0.307 e. The molecule has 1 amide bonds. The zero-order valence-corrected chi connectivity index (χ0v) is 20.6. The molecule has 0 radical (unpaired) electrons. The zero-order valence-electron chi connectivity index (χ0n) is 19.0. The van der Waals surface area contributed by atoms with Gasteiger partial charge in [-0.25, -0.2) is 16.8 Å². The van der Waals surface area contributed by atoms with Crippen LogP contribution in [0.25, 0.3) is 0 Å². The molecule has 0 aliphatic carbocycles. The number of sulfonamides is 1. The van der Waals surface area contributed by atoms with Crippen LogP contribution in [-0.2, 0) is 31.2 Å². The van der Waals surface area contributed by atoms with E-state index in [1.54, 1.807) is 38.1 Å². The lowest BCUT2D eigenvalue weighted by Crippen LogP contribution is -2.43. The summed E-state index contributed by atoms with van der Waals surface area (Å²) in [6, 6.07) is 8.51. The highest BCUT2D eigenvalue weighted by Gasteiger charge is 2.37. The summed E-state index contributed by atoms with van der Waals surface area (Å²) in [7, 11) is -6.89. The van der Waals surface area contributed by atoms with Gasteiger partial charge in [-0.1, -0.05) is 24.6 Å². The maximum absolute atomic E-state index is 13.4. The summed E-state index contributed by atoms with van der Waals surface area (Å²) in [4.78, 5) is 15.1. The molecule has 1 aromatic heterocycles. The number of sulfone groups is 1. The fourth-order valence-corrected chi connectivity index (χ4v) is 8.36. The Balaban J connectivity index is 1.63. The first-order chi connectivity index (χ1) is 15.6. The fraction of sp³-hybridized carbons (Fsp3) is 0.545. The van der Waals surface area contributed by atoms with Gasteiger partial charge in [-0.3, -0.25) is 9.48 Å². The maximum Gasteiger partial charge on any atom is 0.249 e. The van der Waals surface area contributed by atoms with E-state index in [2.05, 4.69) is 5.10 Å². The van der Waals surface area contributed by atoms with E-state index < -0.39 is 25.9 Å². The van der Waals surface area contributed by atoms with Crippen molar-refractivity contribution in [1.29, 1.82) is 0 Å². The van der Waals surface area contributed by atoms with Crippen LogP contribution in [-0.4, -0.2) is 67.5 Å². The van der Waals surface area contributed by atoms with Crippen LogP contribution < -0.4 is 4.90 Å². The molecule has 180 valence electrons. The average Bonchev–Trinajstić information content (AvgIpc) is 3.27. The molecule has 0 saturated carbocycles. The molecule has 2 saturated heterocycles. The highest BCUT2D eigenvalue weighted by atomic mass is 32.2. The maximum atomic E-state index is 13.4. The largest absolute Gasteiger partial charge is 0.307 e. The van der Waals surface area contributed by atoms with Gasteiger partial charge in [0.2, 0.25) is 15.9 Å². The number of hydrogen-bond donors (Lipinski definition) is 0. The summed E-state index contributed by atoms with van der Waals surface area (Å²) in [5.74, 6) is -0.359. The highest BCUT2D eigenvalue weighted by Crippen LogP contribution is 2.28. The molecule has 1 atom stereocenters. The van der Waals surface area contributed by atoms with E-state index in [0.717, 1.165) is 19.3 Å². The van der Waals surface area contributed by atoms with Gasteiger partial charge in [0, 0.05) is 18.8 Å². The zero-order chi connectivity index (χ0) is 23.8. The molecule has 11 heteroatoms. The molecule has 3 heterocycles. The van der Waals surface area contributed by atoms with E-state index in [9.17, 15) is 21.6 Å². The van der Waals surface area contributed by atoms with Gasteiger partial charge in [0.05, 0.1) is 28.9 Å². The minimum absolute atomic E-state index is 0.0480. The van der Waals surface area contributed by atoms with E-state index in [1.807, 2.05) is 6.07 Å². The van der Waals surface area contributed by atoms with Crippen molar-refractivity contribution in [2.24, 2.45) is 0 Å². The molecule has 0 bridgehead atoms. The van der Waals surface area contributed by atoms with Crippen LogP contribution in [0.4, 0.5) is 5.69 Å². The van der Waals surface area contributed by atoms with Gasteiger partial charge in [0.15, 0.2) is 9.84 Å². The Morgan fingerprint density at radius 2 is 1.79 bits per heavy atom. The lowest BCUT2D eigenvalue weighted by atomic mass is 10.1. The van der Waals surface area contributed by atoms with Gasteiger partial charge in [-0.15, -0.1) is 0 Å². The highest BCUT2D eigenvalue weighted by molar-refractivity contribution is 7.91. The van der Waals surface area contributed by atoms with Crippen molar-refractivity contribution >= 4 is 31.5 Å². The van der Waals surface area contributed by atoms with Crippen molar-refractivity contribution in [2.45, 2.75) is 57.0 Å². The number of carbonyl (C=O) groups excluding carboxylic acids is 1. The van der Waals surface area contributed by atoms with Crippen molar-refractivity contribution in [2.75, 3.05) is 29.5 Å². The molecular formula is C22H30N4O5S2. The summed E-state index contributed by atoms with van der Waals surface area (Å²) < 4.78 is 53.7. The van der Waals surface area contributed by atoms with Gasteiger partial charge in [-0.05, 0) is 45.2 Å². The van der Waals surface area contributed by atoms with Crippen LogP contribution in [0.5, 0.6) is 0 Å². The first-order valence-corrected chi connectivity index (χ1v) is 14.5. The quantitative estimate of drug-likeness (QED) is 0.607. The van der Waals surface area contributed by atoms with E-state index in [1.165, 1.54) is 13.9 Å². The number of piperidine rings is 1. The normalized spacial score (nSPS) is 21.2. The van der Waals surface area contributed by atoms with Crippen molar-refractivity contribution in [3.63, 3.8) is 0 Å². The van der Waals surface area contributed by atoms with Crippen molar-refractivity contribution in [3.8, 4) is 0 Å². The predicted molar refractivity (Wildman–Crippen MR) is 125 cm³/mol. The Labute approximate surface area is 195 Å². The average molecular weight is 495 g/mol. The molecule has 0 N–H and O–H groups in total. The number of aryl methyl sites for hydroxylation is 1. The molecule has 9 nitrogen and oxygen atoms in total. The summed E-state index contributed by atoms with van der Waals surface area (Å²) in [6.07, 6.45) is 3.05. The van der Waals surface area contributed by atoms with Gasteiger partial charge < -0.3 is 4.90 Å².